The Morgan fingerprint density at radius 3 is 2.70 bits per heavy atom. The van der Waals surface area contributed by atoms with Crippen molar-refractivity contribution in [1.82, 2.24) is 14.9 Å². The van der Waals surface area contributed by atoms with Crippen LogP contribution >= 0.6 is 0 Å². The van der Waals surface area contributed by atoms with Crippen molar-refractivity contribution in [3.63, 3.8) is 0 Å². The van der Waals surface area contributed by atoms with Gasteiger partial charge in [0.05, 0.1) is 0 Å². The summed E-state index contributed by atoms with van der Waals surface area (Å²) in [6, 6.07) is 9.87. The number of nitrogens with zero attached hydrogens (tertiary/aromatic N) is 2. The van der Waals surface area contributed by atoms with E-state index in [0.29, 0.717) is 11.8 Å². The second kappa shape index (κ2) is 5.69. The van der Waals surface area contributed by atoms with Gasteiger partial charge in [-0.25, -0.2) is 4.98 Å². The Bertz CT molecular complexity index is 734. The molecule has 4 heteroatoms. The number of aryl methyl sites for hydroxylation is 1. The fourth-order valence-corrected chi connectivity index (χ4v) is 3.93. The van der Waals surface area contributed by atoms with Gasteiger partial charge in [0.15, 0.2) is 0 Å². The zero-order chi connectivity index (χ0) is 15.8. The van der Waals surface area contributed by atoms with E-state index in [9.17, 15) is 4.79 Å². The first-order valence-corrected chi connectivity index (χ1v) is 8.23. The molecule has 1 N–H and O–H groups in total. The number of hydrogen-bond donors (Lipinski definition) is 1. The minimum Gasteiger partial charge on any atom is -0.342 e. The largest absolute Gasteiger partial charge is 0.342 e. The van der Waals surface area contributed by atoms with Crippen molar-refractivity contribution in [3.05, 3.63) is 66.3 Å². The Morgan fingerprint density at radius 1 is 1.26 bits per heavy atom. The lowest BCUT2D eigenvalue weighted by molar-refractivity contribution is -0.126. The van der Waals surface area contributed by atoms with Crippen LogP contribution in [0.2, 0.25) is 0 Å². The topological polar surface area (TPSA) is 46.9 Å². The molecule has 4 rings (SSSR count). The molecule has 0 aliphatic heterocycles. The second-order valence-corrected chi connectivity index (χ2v) is 6.64. The number of fused-ring (bicyclic) bond motifs is 2. The molecule has 1 amide bonds. The molecule has 118 valence electrons. The molecule has 4 atom stereocenters. The van der Waals surface area contributed by atoms with Crippen molar-refractivity contribution in [2.75, 3.05) is 0 Å². The van der Waals surface area contributed by atoms with Crippen molar-refractivity contribution in [3.8, 4) is 0 Å². The van der Waals surface area contributed by atoms with Gasteiger partial charge in [-0.3, -0.25) is 4.79 Å². The van der Waals surface area contributed by atoms with Gasteiger partial charge in [0.1, 0.15) is 11.9 Å². The molecule has 1 heterocycles. The zero-order valence-corrected chi connectivity index (χ0v) is 13.2. The maximum absolute atomic E-state index is 12.8. The van der Waals surface area contributed by atoms with E-state index in [2.05, 4.69) is 22.5 Å². The first-order chi connectivity index (χ1) is 11.2. The van der Waals surface area contributed by atoms with E-state index < -0.39 is 0 Å². The van der Waals surface area contributed by atoms with Crippen LogP contribution in [-0.2, 0) is 11.8 Å². The number of rotatable bonds is 4. The van der Waals surface area contributed by atoms with Crippen LogP contribution in [0.15, 0.2) is 54.9 Å². The average Bonchev–Trinajstić information content (AvgIpc) is 3.30. The van der Waals surface area contributed by atoms with E-state index in [1.54, 1.807) is 6.20 Å². The SMILES string of the molecule is Cn1ccnc1[C@@H](NC(=O)[C@H]1C[C@H]2C=C[C@H]1C2)c1ccccc1. The van der Waals surface area contributed by atoms with Crippen molar-refractivity contribution in [2.24, 2.45) is 24.8 Å². The number of hydrogen-bond acceptors (Lipinski definition) is 2. The summed E-state index contributed by atoms with van der Waals surface area (Å²) < 4.78 is 1.97. The summed E-state index contributed by atoms with van der Waals surface area (Å²) in [6.07, 6.45) is 10.3. The number of carbonyl (C=O) groups is 1. The van der Waals surface area contributed by atoms with Gasteiger partial charge in [-0.2, -0.15) is 0 Å². The Hall–Kier alpha value is -2.36. The van der Waals surface area contributed by atoms with Gasteiger partial charge < -0.3 is 9.88 Å². The van der Waals surface area contributed by atoms with Crippen molar-refractivity contribution >= 4 is 5.91 Å². The lowest BCUT2D eigenvalue weighted by atomic mass is 9.92. The molecule has 1 saturated carbocycles. The average molecular weight is 307 g/mol. The van der Waals surface area contributed by atoms with Crippen LogP contribution in [0.3, 0.4) is 0 Å². The molecule has 0 unspecified atom stereocenters. The van der Waals surface area contributed by atoms with E-state index in [4.69, 9.17) is 0 Å². The molecule has 2 bridgehead atoms. The highest BCUT2D eigenvalue weighted by molar-refractivity contribution is 5.80. The van der Waals surface area contributed by atoms with E-state index in [-0.39, 0.29) is 17.9 Å². The smallest absolute Gasteiger partial charge is 0.224 e. The van der Waals surface area contributed by atoms with Crippen molar-refractivity contribution < 1.29 is 4.79 Å². The molecular formula is C19H21N3O. The summed E-state index contributed by atoms with van der Waals surface area (Å²) in [4.78, 5) is 17.3. The fraction of sp³-hybridized carbons (Fsp3) is 0.368. The quantitative estimate of drug-likeness (QED) is 0.883. The summed E-state index contributed by atoms with van der Waals surface area (Å²) in [5, 5.41) is 3.25. The molecule has 1 aromatic carbocycles. The van der Waals surface area contributed by atoms with Crippen LogP contribution in [0.1, 0.15) is 30.3 Å². The maximum atomic E-state index is 12.8. The molecule has 23 heavy (non-hydrogen) atoms. The lowest BCUT2D eigenvalue weighted by Crippen LogP contribution is -2.37. The molecule has 0 saturated heterocycles. The molecule has 4 nitrogen and oxygen atoms in total. The fourth-order valence-electron chi connectivity index (χ4n) is 3.93. The maximum Gasteiger partial charge on any atom is 0.224 e. The van der Waals surface area contributed by atoms with Gasteiger partial charge >= 0.3 is 0 Å². The highest BCUT2D eigenvalue weighted by Gasteiger charge is 2.40. The zero-order valence-electron chi connectivity index (χ0n) is 13.2. The summed E-state index contributed by atoms with van der Waals surface area (Å²) in [5.41, 5.74) is 1.06. The van der Waals surface area contributed by atoms with Crippen LogP contribution in [0.25, 0.3) is 0 Å². The normalized spacial score (nSPS) is 26.4. The van der Waals surface area contributed by atoms with Gasteiger partial charge in [-0.15, -0.1) is 0 Å². The Labute approximate surface area is 136 Å². The van der Waals surface area contributed by atoms with Crippen LogP contribution in [-0.4, -0.2) is 15.5 Å². The third kappa shape index (κ3) is 2.58. The number of carbonyl (C=O) groups excluding carboxylic acids is 1. The van der Waals surface area contributed by atoms with Crippen molar-refractivity contribution in [1.29, 1.82) is 0 Å². The first kappa shape index (κ1) is 14.2. The molecule has 1 aromatic heterocycles. The van der Waals surface area contributed by atoms with E-state index >= 15 is 0 Å². The summed E-state index contributed by atoms with van der Waals surface area (Å²) in [5.74, 6) is 2.13. The Kier molecular flexibility index (Phi) is 3.52. The lowest BCUT2D eigenvalue weighted by Gasteiger charge is -2.23. The van der Waals surface area contributed by atoms with E-state index in [1.165, 1.54) is 0 Å². The molecule has 1 fully saturated rings. The number of nitrogens with one attached hydrogen (secondary N) is 1. The van der Waals surface area contributed by atoms with Gasteiger partial charge in [-0.05, 0) is 30.2 Å². The number of benzene rings is 1. The highest BCUT2D eigenvalue weighted by atomic mass is 16.2. The number of imidazole rings is 1. The van der Waals surface area contributed by atoms with Crippen LogP contribution in [0.4, 0.5) is 0 Å². The van der Waals surface area contributed by atoms with Crippen molar-refractivity contribution in [2.45, 2.75) is 18.9 Å². The Morgan fingerprint density at radius 2 is 2.09 bits per heavy atom. The van der Waals surface area contributed by atoms with E-state index in [0.717, 1.165) is 24.2 Å². The van der Waals surface area contributed by atoms with Crippen LogP contribution < -0.4 is 5.32 Å². The minimum atomic E-state index is -0.202. The van der Waals surface area contributed by atoms with Gasteiger partial charge in [0, 0.05) is 25.4 Å². The third-order valence-corrected chi connectivity index (χ3v) is 5.15. The first-order valence-electron chi connectivity index (χ1n) is 8.23. The second-order valence-electron chi connectivity index (χ2n) is 6.64. The molecule has 0 radical (unpaired) electrons. The monoisotopic (exact) mass is 307 g/mol. The predicted molar refractivity (Wildman–Crippen MR) is 88.5 cm³/mol. The van der Waals surface area contributed by atoms with E-state index in [1.807, 2.05) is 48.1 Å². The molecule has 0 spiro atoms. The predicted octanol–water partition coefficient (Wildman–Crippen LogP) is 2.84. The number of aromatic nitrogens is 2. The summed E-state index contributed by atoms with van der Waals surface area (Å²) in [6.45, 7) is 0. The molecular weight excluding hydrogens is 286 g/mol. The van der Waals surface area contributed by atoms with Crippen LogP contribution in [0, 0.1) is 17.8 Å². The number of amides is 1. The molecule has 2 aliphatic carbocycles. The molecule has 2 aromatic rings. The Balaban J connectivity index is 1.60. The van der Waals surface area contributed by atoms with Gasteiger partial charge in [-0.1, -0.05) is 42.5 Å². The standard InChI is InChI=1S/C19H21N3O/c1-22-10-9-20-18(22)17(14-5-3-2-4-6-14)21-19(23)16-12-13-7-8-15(16)11-13/h2-10,13,15-17H,11-12H2,1H3,(H,21,23)/t13-,15-,16-,17-/m0/s1. The van der Waals surface area contributed by atoms with Gasteiger partial charge in [0.25, 0.3) is 0 Å². The highest BCUT2D eigenvalue weighted by Crippen LogP contribution is 2.43. The minimum absolute atomic E-state index is 0.108. The van der Waals surface area contributed by atoms with Crippen LogP contribution in [0.5, 0.6) is 0 Å². The number of allylic oxidation sites excluding steroid dienone is 2. The summed E-state index contributed by atoms with van der Waals surface area (Å²) >= 11 is 0. The van der Waals surface area contributed by atoms with Gasteiger partial charge in [0.2, 0.25) is 5.91 Å². The third-order valence-electron chi connectivity index (χ3n) is 5.15. The molecule has 2 aliphatic rings. The summed E-state index contributed by atoms with van der Waals surface area (Å²) in [7, 11) is 1.96.